The molecule has 0 heterocycles. The van der Waals surface area contributed by atoms with Crippen LogP contribution in [-0.2, 0) is 4.74 Å². The lowest BCUT2D eigenvalue weighted by Crippen LogP contribution is -2.40. The fourth-order valence-electron chi connectivity index (χ4n) is 0.540. The number of rotatable bonds is 2. The van der Waals surface area contributed by atoms with Gasteiger partial charge in [0, 0.05) is 20.1 Å². The lowest BCUT2D eigenvalue weighted by molar-refractivity contribution is 0.0960. The summed E-state index contributed by atoms with van der Waals surface area (Å²) in [6.07, 6.45) is -0.347. The zero-order valence-electron chi connectivity index (χ0n) is 9.13. The summed E-state index contributed by atoms with van der Waals surface area (Å²) >= 11 is 0. The lowest BCUT2D eigenvalue weighted by atomic mass is 9.88. The van der Waals surface area contributed by atoms with Gasteiger partial charge in [-0.1, -0.05) is 20.8 Å². The number of ether oxygens (including phenoxy) is 1. The van der Waals surface area contributed by atoms with Crippen LogP contribution < -0.4 is 5.73 Å². The van der Waals surface area contributed by atoms with E-state index in [4.69, 9.17) is 10.5 Å². The molecule has 0 aliphatic rings. The van der Waals surface area contributed by atoms with Gasteiger partial charge < -0.3 is 15.4 Å². The van der Waals surface area contributed by atoms with Crippen LogP contribution in [0.5, 0.6) is 0 Å². The minimum absolute atomic E-state index is 0.0351. The smallest absolute Gasteiger partial charge is 0.409 e. The van der Waals surface area contributed by atoms with Crippen LogP contribution in [0, 0.1) is 5.41 Å². The van der Waals surface area contributed by atoms with Gasteiger partial charge in [0.25, 0.3) is 0 Å². The maximum atomic E-state index is 11.0. The second-order valence-electron chi connectivity index (χ2n) is 4.44. The van der Waals surface area contributed by atoms with Gasteiger partial charge in [0.05, 0.1) is 0 Å². The van der Waals surface area contributed by atoms with Crippen molar-refractivity contribution in [3.63, 3.8) is 0 Å². The van der Waals surface area contributed by atoms with Crippen LogP contribution >= 0.6 is 0 Å². The first-order valence-corrected chi connectivity index (χ1v) is 4.35. The van der Waals surface area contributed by atoms with Gasteiger partial charge in [-0.05, 0) is 5.41 Å². The summed E-state index contributed by atoms with van der Waals surface area (Å²) in [5, 5.41) is 0. The summed E-state index contributed by atoms with van der Waals surface area (Å²) in [4.78, 5) is 12.4. The molecule has 0 rings (SSSR count). The van der Waals surface area contributed by atoms with E-state index in [0.717, 1.165) is 0 Å². The molecule has 0 radical (unpaired) electrons. The number of carbonyl (C=O) groups is 1. The summed E-state index contributed by atoms with van der Waals surface area (Å²) < 4.78 is 4.95. The minimum atomic E-state index is -0.347. The van der Waals surface area contributed by atoms with Gasteiger partial charge in [0.2, 0.25) is 0 Å². The summed E-state index contributed by atoms with van der Waals surface area (Å²) in [5.74, 6) is 0. The van der Waals surface area contributed by atoms with Gasteiger partial charge in [-0.15, -0.1) is 0 Å². The van der Waals surface area contributed by atoms with Crippen molar-refractivity contribution in [2.24, 2.45) is 11.1 Å². The van der Waals surface area contributed by atoms with Crippen molar-refractivity contribution in [1.29, 1.82) is 0 Å². The SMILES string of the molecule is CN(C)C(=O)OC[C@@H](N)C(C)(C)C. The molecule has 4 nitrogen and oxygen atoms in total. The van der Waals surface area contributed by atoms with Gasteiger partial charge in [-0.25, -0.2) is 4.79 Å². The summed E-state index contributed by atoms with van der Waals surface area (Å²) in [7, 11) is 3.29. The average molecular weight is 188 g/mol. The molecule has 1 amide bonds. The highest BCUT2D eigenvalue weighted by atomic mass is 16.6. The van der Waals surface area contributed by atoms with Crippen molar-refractivity contribution in [1.82, 2.24) is 4.90 Å². The molecule has 13 heavy (non-hydrogen) atoms. The average Bonchev–Trinajstić information content (AvgIpc) is 1.97. The predicted molar refractivity (Wildman–Crippen MR) is 52.5 cm³/mol. The number of hydrogen-bond acceptors (Lipinski definition) is 3. The maximum absolute atomic E-state index is 11.0. The molecule has 0 aliphatic carbocycles. The van der Waals surface area contributed by atoms with Gasteiger partial charge >= 0.3 is 6.09 Å². The highest BCUT2D eigenvalue weighted by Gasteiger charge is 2.22. The number of nitrogens with two attached hydrogens (primary N) is 1. The van der Waals surface area contributed by atoms with Crippen molar-refractivity contribution in [2.75, 3.05) is 20.7 Å². The number of carbonyl (C=O) groups excluding carboxylic acids is 1. The largest absolute Gasteiger partial charge is 0.448 e. The third-order valence-corrected chi connectivity index (χ3v) is 1.86. The van der Waals surface area contributed by atoms with Gasteiger partial charge in [0.15, 0.2) is 0 Å². The van der Waals surface area contributed by atoms with Crippen molar-refractivity contribution in [2.45, 2.75) is 26.8 Å². The molecule has 0 bridgehead atoms. The first-order chi connectivity index (χ1) is 5.75. The second kappa shape index (κ2) is 4.46. The first-order valence-electron chi connectivity index (χ1n) is 4.35. The molecule has 0 saturated carbocycles. The Morgan fingerprint density at radius 1 is 1.46 bits per heavy atom. The summed E-state index contributed by atoms with van der Waals surface area (Å²) in [6, 6.07) is -0.128. The first kappa shape index (κ1) is 12.2. The van der Waals surface area contributed by atoms with E-state index in [2.05, 4.69) is 0 Å². The highest BCUT2D eigenvalue weighted by molar-refractivity contribution is 5.66. The summed E-state index contributed by atoms with van der Waals surface area (Å²) in [5.41, 5.74) is 5.77. The zero-order chi connectivity index (χ0) is 10.6. The Kier molecular flexibility index (Phi) is 4.20. The standard InChI is InChI=1S/C9H20N2O2/c1-9(2,3)7(10)6-13-8(12)11(4)5/h7H,6,10H2,1-5H3/t7-/m1/s1. The fourth-order valence-corrected chi connectivity index (χ4v) is 0.540. The van der Waals surface area contributed by atoms with Crippen molar-refractivity contribution in [3.05, 3.63) is 0 Å². The molecule has 0 unspecified atom stereocenters. The Morgan fingerprint density at radius 3 is 2.23 bits per heavy atom. The molecule has 0 spiro atoms. The van der Waals surface area contributed by atoms with E-state index in [1.807, 2.05) is 20.8 Å². The third kappa shape index (κ3) is 4.72. The van der Waals surface area contributed by atoms with Crippen LogP contribution in [0.15, 0.2) is 0 Å². The topological polar surface area (TPSA) is 55.6 Å². The van der Waals surface area contributed by atoms with Crippen molar-refractivity contribution < 1.29 is 9.53 Å². The molecule has 78 valence electrons. The highest BCUT2D eigenvalue weighted by Crippen LogP contribution is 2.17. The Bertz CT molecular complexity index is 173. The van der Waals surface area contributed by atoms with Gasteiger partial charge in [-0.2, -0.15) is 0 Å². The second-order valence-corrected chi connectivity index (χ2v) is 4.44. The van der Waals surface area contributed by atoms with Gasteiger partial charge in [-0.3, -0.25) is 0 Å². The Labute approximate surface area is 80.0 Å². The van der Waals surface area contributed by atoms with Crippen LogP contribution in [0.25, 0.3) is 0 Å². The van der Waals surface area contributed by atoms with Crippen LogP contribution in [0.3, 0.4) is 0 Å². The quantitative estimate of drug-likeness (QED) is 0.705. The molecular weight excluding hydrogens is 168 g/mol. The molecule has 0 aliphatic heterocycles. The van der Waals surface area contributed by atoms with E-state index in [-0.39, 0.29) is 24.2 Å². The summed E-state index contributed by atoms with van der Waals surface area (Å²) in [6.45, 7) is 6.31. The zero-order valence-corrected chi connectivity index (χ0v) is 9.13. The van der Waals surface area contributed by atoms with E-state index >= 15 is 0 Å². The van der Waals surface area contributed by atoms with Gasteiger partial charge in [0.1, 0.15) is 6.61 Å². The fraction of sp³-hybridized carbons (Fsp3) is 0.889. The Morgan fingerprint density at radius 2 is 1.92 bits per heavy atom. The van der Waals surface area contributed by atoms with Crippen LogP contribution in [0.1, 0.15) is 20.8 Å². The maximum Gasteiger partial charge on any atom is 0.409 e. The molecule has 2 N–H and O–H groups in total. The monoisotopic (exact) mass is 188 g/mol. The van der Waals surface area contributed by atoms with Crippen molar-refractivity contribution >= 4 is 6.09 Å². The van der Waals surface area contributed by atoms with Crippen molar-refractivity contribution in [3.8, 4) is 0 Å². The Hall–Kier alpha value is -0.770. The molecule has 0 aromatic carbocycles. The van der Waals surface area contributed by atoms with Crippen LogP contribution in [0.2, 0.25) is 0 Å². The van der Waals surface area contributed by atoms with E-state index in [0.29, 0.717) is 0 Å². The molecule has 0 fully saturated rings. The van der Waals surface area contributed by atoms with E-state index in [9.17, 15) is 4.79 Å². The normalized spacial score (nSPS) is 13.7. The van der Waals surface area contributed by atoms with E-state index < -0.39 is 0 Å². The molecule has 0 aromatic rings. The molecule has 0 saturated heterocycles. The molecule has 4 heteroatoms. The Balaban J connectivity index is 3.84. The number of hydrogen-bond donors (Lipinski definition) is 1. The van der Waals surface area contributed by atoms with Crippen LogP contribution in [-0.4, -0.2) is 37.7 Å². The molecular formula is C9H20N2O2. The van der Waals surface area contributed by atoms with E-state index in [1.165, 1.54) is 4.90 Å². The van der Waals surface area contributed by atoms with Crippen LogP contribution in [0.4, 0.5) is 4.79 Å². The van der Waals surface area contributed by atoms with E-state index in [1.54, 1.807) is 14.1 Å². The predicted octanol–water partition coefficient (Wildman–Crippen LogP) is 1.06. The lowest BCUT2D eigenvalue weighted by Gasteiger charge is -2.26. The molecule has 1 atom stereocenters. The number of nitrogens with zero attached hydrogens (tertiary/aromatic N) is 1. The minimum Gasteiger partial charge on any atom is -0.448 e. The molecule has 0 aromatic heterocycles. The third-order valence-electron chi connectivity index (χ3n) is 1.86. The number of amides is 1.